The molecular formula is C60H101NO7. The fraction of sp³-hybridized carbons (Fsp3) is 0.683. The lowest BCUT2D eigenvalue weighted by Gasteiger charge is -2.34. The Hall–Kier alpha value is -3.75. The lowest BCUT2D eigenvalue weighted by Crippen LogP contribution is -2.55. The summed E-state index contributed by atoms with van der Waals surface area (Å²) in [6.07, 6.45) is 67.3. The number of carbonyl (C=O) groups is 3. The molecule has 388 valence electrons. The van der Waals surface area contributed by atoms with E-state index in [0.29, 0.717) is 12.8 Å². The van der Waals surface area contributed by atoms with Crippen LogP contribution in [-0.4, -0.2) is 75.5 Å². The number of carbonyl (C=O) groups excluding carboxylic acids is 3. The predicted octanol–water partition coefficient (Wildman–Crippen LogP) is 14.9. The van der Waals surface area contributed by atoms with Crippen LogP contribution in [-0.2, 0) is 28.6 Å². The van der Waals surface area contributed by atoms with Crippen molar-refractivity contribution in [3.05, 3.63) is 97.2 Å². The van der Waals surface area contributed by atoms with Crippen LogP contribution in [0.2, 0.25) is 0 Å². The van der Waals surface area contributed by atoms with Crippen molar-refractivity contribution in [2.24, 2.45) is 0 Å². The van der Waals surface area contributed by atoms with Gasteiger partial charge in [-0.2, -0.15) is 0 Å². The molecule has 2 unspecified atom stereocenters. The molecule has 0 aromatic carbocycles. The number of carboxylic acid groups (broad SMARTS) is 1. The van der Waals surface area contributed by atoms with Gasteiger partial charge in [-0.15, -0.1) is 0 Å². The highest BCUT2D eigenvalue weighted by Gasteiger charge is 2.25. The zero-order valence-corrected chi connectivity index (χ0v) is 44.2. The zero-order valence-electron chi connectivity index (χ0n) is 44.2. The third-order valence-electron chi connectivity index (χ3n) is 11.7. The maximum Gasteiger partial charge on any atom is 0.306 e. The van der Waals surface area contributed by atoms with E-state index >= 15 is 0 Å². The molecule has 0 spiro atoms. The first-order valence-corrected chi connectivity index (χ1v) is 27.3. The largest absolute Gasteiger partial charge is 0.544 e. The summed E-state index contributed by atoms with van der Waals surface area (Å²) in [6, 6.07) is -0.742. The van der Waals surface area contributed by atoms with Gasteiger partial charge in [0.2, 0.25) is 0 Å². The summed E-state index contributed by atoms with van der Waals surface area (Å²) < 4.78 is 17.2. The summed E-state index contributed by atoms with van der Waals surface area (Å²) in [6.45, 7) is 4.50. The van der Waals surface area contributed by atoms with E-state index in [-0.39, 0.29) is 49.1 Å². The molecule has 0 heterocycles. The average molecular weight is 948 g/mol. The number of quaternary nitrogens is 1. The molecule has 0 saturated carbocycles. The number of likely N-dealkylation sites (N-methyl/N-ethyl adjacent to an activating group) is 1. The number of aliphatic carboxylic acids is 1. The van der Waals surface area contributed by atoms with Crippen molar-refractivity contribution < 1.29 is 38.2 Å². The molecule has 0 aromatic heterocycles. The standard InChI is InChI=1S/C60H101NO7/c1-6-8-10-12-14-16-18-20-22-24-26-28-29-31-32-34-36-38-40-42-44-46-48-50-58(62)67-55-56(54-66-53-52-57(60(64)65)61(3,4)5)68-59(63)51-49-47-45-43-41-39-37-35-33-30-27-25-23-21-19-17-15-13-11-9-7-2/h9,11,15,17,21,23,26-28,30-32,35,37,41,43,56-57H,6-8,10,12-14,16,18-20,22,24-25,29,33-34,36,38-40,42,44-55H2,1-5H3/b11-9+,17-15+,23-21+,28-26+,30-27+,32-31+,37-35+,43-41+. The van der Waals surface area contributed by atoms with Crippen LogP contribution in [0.25, 0.3) is 0 Å². The summed E-state index contributed by atoms with van der Waals surface area (Å²) in [5.74, 6) is -1.81. The van der Waals surface area contributed by atoms with Crippen LogP contribution in [0.4, 0.5) is 0 Å². The molecule has 0 aliphatic heterocycles. The highest BCUT2D eigenvalue weighted by molar-refractivity contribution is 5.70. The maximum atomic E-state index is 12.8. The third-order valence-corrected chi connectivity index (χ3v) is 11.7. The van der Waals surface area contributed by atoms with Crippen LogP contribution in [0.1, 0.15) is 213 Å². The lowest BCUT2D eigenvalue weighted by molar-refractivity contribution is -0.889. The van der Waals surface area contributed by atoms with Crippen molar-refractivity contribution in [3.8, 4) is 0 Å². The van der Waals surface area contributed by atoms with Crippen LogP contribution in [0, 0.1) is 0 Å². The Morgan fingerprint density at radius 3 is 1.25 bits per heavy atom. The Kier molecular flexibility index (Phi) is 46.9. The van der Waals surface area contributed by atoms with E-state index in [0.717, 1.165) is 83.5 Å². The van der Waals surface area contributed by atoms with Crippen molar-refractivity contribution in [2.75, 3.05) is 41.0 Å². The number of carboxylic acids is 1. The number of ether oxygens (including phenoxy) is 3. The first-order valence-electron chi connectivity index (χ1n) is 27.3. The maximum absolute atomic E-state index is 12.8. The van der Waals surface area contributed by atoms with E-state index in [4.69, 9.17) is 14.2 Å². The van der Waals surface area contributed by atoms with Crippen LogP contribution >= 0.6 is 0 Å². The molecule has 0 bridgehead atoms. The van der Waals surface area contributed by atoms with Crippen molar-refractivity contribution in [3.63, 3.8) is 0 Å². The van der Waals surface area contributed by atoms with Gasteiger partial charge in [-0.3, -0.25) is 9.59 Å². The molecule has 68 heavy (non-hydrogen) atoms. The minimum absolute atomic E-state index is 0.0146. The summed E-state index contributed by atoms with van der Waals surface area (Å²) in [5, 5.41) is 11.7. The predicted molar refractivity (Wildman–Crippen MR) is 286 cm³/mol. The van der Waals surface area contributed by atoms with E-state index in [2.05, 4.69) is 111 Å². The van der Waals surface area contributed by atoms with Crippen LogP contribution in [0.5, 0.6) is 0 Å². The highest BCUT2D eigenvalue weighted by Crippen LogP contribution is 2.14. The van der Waals surface area contributed by atoms with Gasteiger partial charge < -0.3 is 28.6 Å². The van der Waals surface area contributed by atoms with E-state index in [1.54, 1.807) is 21.1 Å². The monoisotopic (exact) mass is 948 g/mol. The van der Waals surface area contributed by atoms with Gasteiger partial charge in [0.15, 0.2) is 6.10 Å². The number of hydrogen-bond donors (Lipinski definition) is 0. The molecule has 0 rings (SSSR count). The number of allylic oxidation sites excluding steroid dienone is 16. The van der Waals surface area contributed by atoms with E-state index in [1.807, 2.05) is 0 Å². The van der Waals surface area contributed by atoms with Gasteiger partial charge in [-0.25, -0.2) is 0 Å². The van der Waals surface area contributed by atoms with Gasteiger partial charge in [-0.1, -0.05) is 195 Å². The van der Waals surface area contributed by atoms with E-state index in [9.17, 15) is 19.5 Å². The van der Waals surface area contributed by atoms with Crippen molar-refractivity contribution in [1.29, 1.82) is 0 Å². The van der Waals surface area contributed by atoms with Crippen LogP contribution in [0.15, 0.2) is 97.2 Å². The minimum Gasteiger partial charge on any atom is -0.544 e. The molecule has 0 amide bonds. The second-order valence-electron chi connectivity index (χ2n) is 19.1. The summed E-state index contributed by atoms with van der Waals surface area (Å²) in [4.78, 5) is 37.1. The first kappa shape index (κ1) is 64.2. The minimum atomic E-state index is -1.14. The molecule has 0 fully saturated rings. The topological polar surface area (TPSA) is 102 Å². The Morgan fingerprint density at radius 2 is 0.824 bits per heavy atom. The van der Waals surface area contributed by atoms with Gasteiger partial charge in [-0.05, 0) is 96.3 Å². The number of hydrogen-bond acceptors (Lipinski definition) is 7. The molecule has 8 heteroatoms. The second-order valence-corrected chi connectivity index (χ2v) is 19.1. The Labute approximate surface area is 417 Å². The second kappa shape index (κ2) is 49.7. The Morgan fingerprint density at radius 1 is 0.456 bits per heavy atom. The average Bonchev–Trinajstić information content (AvgIpc) is 3.30. The number of esters is 2. The lowest BCUT2D eigenvalue weighted by atomic mass is 10.1. The number of rotatable bonds is 48. The molecule has 2 atom stereocenters. The van der Waals surface area contributed by atoms with Gasteiger partial charge in [0.1, 0.15) is 12.6 Å². The number of nitrogens with zero attached hydrogens (tertiary/aromatic N) is 1. The number of unbranched alkanes of at least 4 members (excludes halogenated alkanes) is 18. The normalized spacial score (nSPS) is 13.6. The van der Waals surface area contributed by atoms with E-state index in [1.165, 1.54) is 89.9 Å². The van der Waals surface area contributed by atoms with Gasteiger partial charge in [0.05, 0.1) is 40.3 Å². The molecule has 0 aromatic rings. The molecule has 0 radical (unpaired) electrons. The van der Waals surface area contributed by atoms with Gasteiger partial charge in [0, 0.05) is 19.3 Å². The SMILES string of the molecule is CC/C=C/C/C=C/C/C=C/C/C=C/C/C=C/C/C=C/CCCCC(=O)OC(COCCC(C(=O)[O-])[N+](C)(C)C)COC(=O)CCCCCCCCC/C=C/C/C=C/CCCCCCCCCCC. The molecular weight excluding hydrogens is 847 g/mol. The fourth-order valence-electron chi connectivity index (χ4n) is 7.52. The fourth-order valence-corrected chi connectivity index (χ4v) is 7.52. The smallest absolute Gasteiger partial charge is 0.306 e. The van der Waals surface area contributed by atoms with Crippen molar-refractivity contribution in [1.82, 2.24) is 0 Å². The summed E-state index contributed by atoms with van der Waals surface area (Å²) in [7, 11) is 5.39. The Balaban J connectivity index is 4.32. The van der Waals surface area contributed by atoms with Crippen molar-refractivity contribution >= 4 is 17.9 Å². The quantitative estimate of drug-likeness (QED) is 0.0259. The molecule has 0 saturated heterocycles. The molecule has 0 N–H and O–H groups in total. The van der Waals surface area contributed by atoms with Crippen LogP contribution in [0.3, 0.4) is 0 Å². The first-order chi connectivity index (χ1) is 33.1. The van der Waals surface area contributed by atoms with Crippen LogP contribution < -0.4 is 5.11 Å². The van der Waals surface area contributed by atoms with E-state index < -0.39 is 18.1 Å². The Bertz CT molecular complexity index is 1430. The van der Waals surface area contributed by atoms with Gasteiger partial charge in [0.25, 0.3) is 0 Å². The highest BCUT2D eigenvalue weighted by atomic mass is 16.6. The zero-order chi connectivity index (χ0) is 49.9. The molecule has 8 nitrogen and oxygen atoms in total. The third kappa shape index (κ3) is 47.3. The molecule has 0 aliphatic rings. The molecule has 0 aliphatic carbocycles. The summed E-state index contributed by atoms with van der Waals surface area (Å²) in [5.41, 5.74) is 0. The van der Waals surface area contributed by atoms with Gasteiger partial charge >= 0.3 is 11.9 Å². The van der Waals surface area contributed by atoms with Crippen molar-refractivity contribution in [2.45, 2.75) is 225 Å². The summed E-state index contributed by atoms with van der Waals surface area (Å²) >= 11 is 0.